The van der Waals surface area contributed by atoms with Crippen molar-refractivity contribution < 1.29 is 23.9 Å². The lowest BCUT2D eigenvalue weighted by atomic mass is 10.2. The molecular formula is C17H25BBrN3O5. The number of hydrogen-bond donors (Lipinski definition) is 0. The van der Waals surface area contributed by atoms with E-state index in [1.807, 2.05) is 0 Å². The number of carbonyl (C=O) groups excluding carboxylic acids is 3. The molecule has 148 valence electrons. The second kappa shape index (κ2) is 10.4. The average molecular weight is 442 g/mol. The Labute approximate surface area is 169 Å². The number of amides is 2. The Balaban J connectivity index is 0.00000326. The van der Waals surface area contributed by atoms with Crippen LogP contribution in [-0.4, -0.2) is 52.3 Å². The Hall–Kier alpha value is -1.97. The molecule has 0 aromatic carbocycles. The standard InChI is InChI=1S/C16H22BrN3O5.CH3B/c1-15(2,3)24-13(22)20(14(23)25-16(4,5)6)12-18-8-10(9-19-12)11(21)7-17;1-2/h8-9H,7H2,1-6H3;1H3. The van der Waals surface area contributed by atoms with Crippen molar-refractivity contribution >= 4 is 47.7 Å². The van der Waals surface area contributed by atoms with Gasteiger partial charge in [-0.25, -0.2) is 19.6 Å². The fourth-order valence-electron chi connectivity index (χ4n) is 1.51. The molecule has 1 heterocycles. The summed E-state index contributed by atoms with van der Waals surface area (Å²) in [4.78, 5) is 44.9. The average Bonchev–Trinajstić information content (AvgIpc) is 2.53. The summed E-state index contributed by atoms with van der Waals surface area (Å²) in [6, 6.07) is 0. The van der Waals surface area contributed by atoms with Gasteiger partial charge in [-0.2, -0.15) is 0 Å². The Morgan fingerprint density at radius 2 is 1.33 bits per heavy atom. The Kier molecular flexibility index (Phi) is 9.63. The van der Waals surface area contributed by atoms with E-state index in [1.165, 1.54) is 19.2 Å². The Bertz CT molecular complexity index is 626. The quantitative estimate of drug-likeness (QED) is 0.398. The molecule has 0 aliphatic heterocycles. The largest absolute Gasteiger partial charge is 0.443 e. The number of anilines is 1. The van der Waals surface area contributed by atoms with E-state index in [9.17, 15) is 14.4 Å². The van der Waals surface area contributed by atoms with Gasteiger partial charge in [0.1, 0.15) is 11.2 Å². The maximum absolute atomic E-state index is 12.4. The molecule has 0 saturated carbocycles. The molecule has 0 saturated heterocycles. The number of rotatable bonds is 3. The first-order valence-corrected chi connectivity index (χ1v) is 9.21. The molecule has 1 aromatic rings. The lowest BCUT2D eigenvalue weighted by Gasteiger charge is -2.27. The Morgan fingerprint density at radius 1 is 0.963 bits per heavy atom. The highest BCUT2D eigenvalue weighted by molar-refractivity contribution is 9.09. The van der Waals surface area contributed by atoms with Gasteiger partial charge in [0.2, 0.25) is 5.95 Å². The topological polar surface area (TPSA) is 98.7 Å². The molecule has 0 N–H and O–H groups in total. The predicted octanol–water partition coefficient (Wildman–Crippen LogP) is 3.93. The molecule has 0 spiro atoms. The second-order valence-electron chi connectivity index (χ2n) is 7.12. The third kappa shape index (κ3) is 8.99. The molecule has 0 aliphatic rings. The van der Waals surface area contributed by atoms with Crippen LogP contribution in [0, 0.1) is 0 Å². The molecule has 2 amide bonds. The van der Waals surface area contributed by atoms with Gasteiger partial charge < -0.3 is 9.47 Å². The Morgan fingerprint density at radius 3 is 1.63 bits per heavy atom. The van der Waals surface area contributed by atoms with Crippen molar-refractivity contribution in [3.05, 3.63) is 18.0 Å². The van der Waals surface area contributed by atoms with Gasteiger partial charge in [0, 0.05) is 12.4 Å². The van der Waals surface area contributed by atoms with Gasteiger partial charge in [0.15, 0.2) is 5.78 Å². The molecular weight excluding hydrogens is 417 g/mol. The minimum atomic E-state index is -0.971. The molecule has 8 nitrogen and oxygen atoms in total. The fourth-order valence-corrected chi connectivity index (χ4v) is 1.83. The van der Waals surface area contributed by atoms with Crippen LogP contribution in [0.2, 0.25) is 6.82 Å². The van der Waals surface area contributed by atoms with Crippen molar-refractivity contribution in [2.75, 3.05) is 10.2 Å². The SMILES string of the molecule is CC(C)(C)OC(=O)N(C(=O)OC(C)(C)C)c1ncc(C(=O)CBr)cn1.[B]C. The van der Waals surface area contributed by atoms with Crippen LogP contribution in [0.5, 0.6) is 0 Å². The fraction of sp³-hybridized carbons (Fsp3) is 0.588. The van der Waals surface area contributed by atoms with Gasteiger partial charge in [-0.1, -0.05) is 22.8 Å². The molecule has 27 heavy (non-hydrogen) atoms. The summed E-state index contributed by atoms with van der Waals surface area (Å²) in [6.07, 6.45) is 0.518. The van der Waals surface area contributed by atoms with E-state index < -0.39 is 23.4 Å². The van der Waals surface area contributed by atoms with E-state index in [4.69, 9.17) is 9.47 Å². The number of aromatic nitrogens is 2. The van der Waals surface area contributed by atoms with Gasteiger partial charge >= 0.3 is 12.2 Å². The number of hydrogen-bond acceptors (Lipinski definition) is 7. The molecule has 0 aliphatic carbocycles. The third-order valence-corrected chi connectivity index (χ3v) is 2.94. The minimum absolute atomic E-state index is 0.109. The highest BCUT2D eigenvalue weighted by atomic mass is 79.9. The zero-order chi connectivity index (χ0) is 21.4. The van der Waals surface area contributed by atoms with Crippen molar-refractivity contribution in [2.45, 2.75) is 59.6 Å². The minimum Gasteiger partial charge on any atom is -0.443 e. The van der Waals surface area contributed by atoms with Gasteiger partial charge in [-0.3, -0.25) is 4.79 Å². The van der Waals surface area contributed by atoms with Crippen molar-refractivity contribution in [3.8, 4) is 0 Å². The van der Waals surface area contributed by atoms with Crippen LogP contribution in [0.15, 0.2) is 12.4 Å². The zero-order valence-corrected chi connectivity index (χ0v) is 18.3. The highest BCUT2D eigenvalue weighted by Crippen LogP contribution is 2.18. The van der Waals surface area contributed by atoms with Crippen LogP contribution < -0.4 is 4.90 Å². The second-order valence-corrected chi connectivity index (χ2v) is 7.69. The summed E-state index contributed by atoms with van der Waals surface area (Å²) >= 11 is 3.05. The summed E-state index contributed by atoms with van der Waals surface area (Å²) in [5.41, 5.74) is -1.42. The van der Waals surface area contributed by atoms with Crippen LogP contribution in [0.3, 0.4) is 0 Å². The van der Waals surface area contributed by atoms with Gasteiger partial charge in [-0.05, 0) is 41.5 Å². The number of halogens is 1. The summed E-state index contributed by atoms with van der Waals surface area (Å²) < 4.78 is 10.4. The molecule has 0 unspecified atom stereocenters. The lowest BCUT2D eigenvalue weighted by molar-refractivity contribution is 0.0427. The van der Waals surface area contributed by atoms with Crippen LogP contribution in [0.1, 0.15) is 51.9 Å². The first kappa shape index (κ1) is 25.0. The van der Waals surface area contributed by atoms with Gasteiger partial charge in [0.05, 0.1) is 18.7 Å². The molecule has 10 heteroatoms. The smallest absolute Gasteiger partial charge is 0.427 e. The monoisotopic (exact) mass is 441 g/mol. The normalized spacial score (nSPS) is 11.0. The number of alkyl halides is 1. The lowest BCUT2D eigenvalue weighted by Crippen LogP contribution is -2.44. The summed E-state index contributed by atoms with van der Waals surface area (Å²) in [5, 5.41) is 0.109. The van der Waals surface area contributed by atoms with Crippen molar-refractivity contribution in [3.63, 3.8) is 0 Å². The predicted molar refractivity (Wildman–Crippen MR) is 107 cm³/mol. The first-order chi connectivity index (χ1) is 12.3. The number of imide groups is 1. The number of nitrogens with zero attached hydrogens (tertiary/aromatic N) is 3. The zero-order valence-electron chi connectivity index (χ0n) is 16.7. The van der Waals surface area contributed by atoms with Gasteiger partial charge in [-0.15, -0.1) is 4.90 Å². The van der Waals surface area contributed by atoms with E-state index >= 15 is 0 Å². The number of ether oxygens (including phenoxy) is 2. The molecule has 2 radical (unpaired) electrons. The molecule has 0 fully saturated rings. The summed E-state index contributed by atoms with van der Waals surface area (Å²) in [6.45, 7) is 11.5. The van der Waals surface area contributed by atoms with Crippen LogP contribution in [0.4, 0.5) is 15.5 Å². The molecule has 0 atom stereocenters. The van der Waals surface area contributed by atoms with Crippen LogP contribution in [0.25, 0.3) is 0 Å². The van der Waals surface area contributed by atoms with Crippen molar-refractivity contribution in [1.82, 2.24) is 9.97 Å². The third-order valence-electron chi connectivity index (χ3n) is 2.43. The number of ketones is 1. The van der Waals surface area contributed by atoms with Crippen LogP contribution in [-0.2, 0) is 9.47 Å². The molecule has 1 aromatic heterocycles. The van der Waals surface area contributed by atoms with Crippen LogP contribution >= 0.6 is 15.9 Å². The molecule has 1 rings (SSSR count). The van der Waals surface area contributed by atoms with Crippen molar-refractivity contribution in [1.29, 1.82) is 0 Å². The van der Waals surface area contributed by atoms with Crippen molar-refractivity contribution in [2.24, 2.45) is 0 Å². The van der Waals surface area contributed by atoms with E-state index in [2.05, 4.69) is 33.7 Å². The van der Waals surface area contributed by atoms with E-state index in [0.29, 0.717) is 4.90 Å². The summed E-state index contributed by atoms with van der Waals surface area (Å²) in [7, 11) is 4.50. The highest BCUT2D eigenvalue weighted by Gasteiger charge is 2.34. The first-order valence-electron chi connectivity index (χ1n) is 8.09. The van der Waals surface area contributed by atoms with E-state index in [-0.39, 0.29) is 22.6 Å². The maximum atomic E-state index is 12.4. The van der Waals surface area contributed by atoms with E-state index in [0.717, 1.165) is 0 Å². The number of carbonyl (C=O) groups is 3. The van der Waals surface area contributed by atoms with E-state index in [1.54, 1.807) is 41.5 Å². The number of Topliss-reactive ketones (excluding diaryl/α,β-unsaturated/α-hetero) is 1. The van der Waals surface area contributed by atoms with Gasteiger partial charge in [0.25, 0.3) is 0 Å². The maximum Gasteiger partial charge on any atom is 0.427 e. The molecule has 0 bridgehead atoms. The summed E-state index contributed by atoms with van der Waals surface area (Å²) in [5.74, 6) is -0.470.